The molecule has 1 fully saturated rings. The van der Waals surface area contributed by atoms with Crippen molar-refractivity contribution in [3.63, 3.8) is 0 Å². The average Bonchev–Trinajstić information content (AvgIpc) is 2.16. The Morgan fingerprint density at radius 2 is 1.87 bits per heavy atom. The summed E-state index contributed by atoms with van der Waals surface area (Å²) in [6.07, 6.45) is 4.48. The summed E-state index contributed by atoms with van der Waals surface area (Å²) < 4.78 is 0. The lowest BCUT2D eigenvalue weighted by Crippen LogP contribution is -2.44. The molecule has 4 unspecified atom stereocenters. The van der Waals surface area contributed by atoms with Crippen LogP contribution in [0, 0.1) is 11.8 Å². The molecule has 2 heteroatoms. The van der Waals surface area contributed by atoms with E-state index in [0.29, 0.717) is 12.0 Å². The van der Waals surface area contributed by atoms with Crippen LogP contribution in [0.25, 0.3) is 0 Å². The molecule has 0 radical (unpaired) electrons. The zero-order valence-electron chi connectivity index (χ0n) is 11.0. The van der Waals surface area contributed by atoms with Gasteiger partial charge in [0.25, 0.3) is 0 Å². The molecule has 0 amide bonds. The van der Waals surface area contributed by atoms with Gasteiger partial charge in [0.05, 0.1) is 5.60 Å². The van der Waals surface area contributed by atoms with Crippen LogP contribution in [0.15, 0.2) is 0 Å². The maximum absolute atomic E-state index is 10.3. The molecule has 0 saturated heterocycles. The quantitative estimate of drug-likeness (QED) is 0.778. The van der Waals surface area contributed by atoms with Gasteiger partial charge >= 0.3 is 0 Å². The van der Waals surface area contributed by atoms with E-state index in [9.17, 15) is 5.11 Å². The fourth-order valence-corrected chi connectivity index (χ4v) is 2.79. The highest BCUT2D eigenvalue weighted by Gasteiger charge is 2.37. The third kappa shape index (κ3) is 3.18. The van der Waals surface area contributed by atoms with Crippen LogP contribution in [-0.2, 0) is 0 Å². The van der Waals surface area contributed by atoms with Gasteiger partial charge in [-0.15, -0.1) is 0 Å². The van der Waals surface area contributed by atoms with Gasteiger partial charge in [-0.3, -0.25) is 0 Å². The van der Waals surface area contributed by atoms with E-state index in [1.165, 1.54) is 12.8 Å². The molecule has 2 nitrogen and oxygen atoms in total. The van der Waals surface area contributed by atoms with Crippen LogP contribution < -0.4 is 0 Å². The lowest BCUT2D eigenvalue weighted by atomic mass is 9.71. The fourth-order valence-electron chi connectivity index (χ4n) is 2.79. The minimum absolute atomic E-state index is 0.469. The summed E-state index contributed by atoms with van der Waals surface area (Å²) in [7, 11) is 4.31. The Morgan fingerprint density at radius 1 is 1.27 bits per heavy atom. The molecule has 0 aromatic rings. The molecule has 0 aromatic heterocycles. The summed E-state index contributed by atoms with van der Waals surface area (Å²) in [5, 5.41) is 10.3. The van der Waals surface area contributed by atoms with Crippen molar-refractivity contribution in [3.8, 4) is 0 Å². The largest absolute Gasteiger partial charge is 0.390 e. The van der Waals surface area contributed by atoms with Crippen molar-refractivity contribution >= 4 is 0 Å². The Balaban J connectivity index is 2.67. The molecule has 0 aliphatic heterocycles. The second kappa shape index (κ2) is 4.84. The van der Waals surface area contributed by atoms with Gasteiger partial charge in [0.2, 0.25) is 0 Å². The van der Waals surface area contributed by atoms with Crippen LogP contribution in [-0.4, -0.2) is 35.7 Å². The van der Waals surface area contributed by atoms with Crippen molar-refractivity contribution in [1.82, 2.24) is 4.90 Å². The van der Waals surface area contributed by atoms with E-state index < -0.39 is 5.60 Å². The van der Waals surface area contributed by atoms with Gasteiger partial charge in [-0.1, -0.05) is 13.8 Å². The molecule has 1 aliphatic rings. The van der Waals surface area contributed by atoms with Gasteiger partial charge in [0.1, 0.15) is 0 Å². The van der Waals surface area contributed by atoms with E-state index in [1.807, 2.05) is 6.92 Å². The Morgan fingerprint density at radius 3 is 2.33 bits per heavy atom. The molecular formula is C13H27NO. The topological polar surface area (TPSA) is 23.5 Å². The highest BCUT2D eigenvalue weighted by atomic mass is 16.3. The summed E-state index contributed by atoms with van der Waals surface area (Å²) in [6, 6.07) is 0.650. The minimum atomic E-state index is -0.469. The number of aliphatic hydroxyl groups is 1. The highest BCUT2D eigenvalue weighted by molar-refractivity contribution is 4.90. The third-order valence-corrected chi connectivity index (χ3v) is 4.24. The molecule has 0 bridgehead atoms. The van der Waals surface area contributed by atoms with Gasteiger partial charge in [-0.2, -0.15) is 0 Å². The molecule has 0 aromatic carbocycles. The molecule has 4 atom stereocenters. The van der Waals surface area contributed by atoms with Crippen LogP contribution in [0.4, 0.5) is 0 Å². The van der Waals surface area contributed by atoms with Crippen molar-refractivity contribution in [2.75, 3.05) is 14.1 Å². The van der Waals surface area contributed by atoms with Crippen molar-refractivity contribution in [1.29, 1.82) is 0 Å². The molecule has 0 heterocycles. The molecular weight excluding hydrogens is 186 g/mol. The van der Waals surface area contributed by atoms with E-state index >= 15 is 0 Å². The Labute approximate surface area is 94.7 Å². The molecule has 1 saturated carbocycles. The summed E-state index contributed by atoms with van der Waals surface area (Å²) in [6.45, 7) is 6.40. The number of hydrogen-bond acceptors (Lipinski definition) is 2. The van der Waals surface area contributed by atoms with E-state index in [1.54, 1.807) is 0 Å². The maximum atomic E-state index is 10.3. The second-order valence-corrected chi connectivity index (χ2v) is 5.84. The lowest BCUT2D eigenvalue weighted by Gasteiger charge is -2.43. The van der Waals surface area contributed by atoms with Crippen LogP contribution in [0.1, 0.15) is 46.5 Å². The van der Waals surface area contributed by atoms with Crippen molar-refractivity contribution < 1.29 is 5.11 Å². The number of rotatable bonds is 3. The van der Waals surface area contributed by atoms with Gasteiger partial charge < -0.3 is 10.0 Å². The SMILES string of the molecule is CCC(C)(O)C1CC(C)CC(N(C)C)C1. The third-order valence-electron chi connectivity index (χ3n) is 4.24. The van der Waals surface area contributed by atoms with Crippen molar-refractivity contribution in [2.45, 2.75) is 58.1 Å². The Bertz CT molecular complexity index is 201. The van der Waals surface area contributed by atoms with E-state index in [4.69, 9.17) is 0 Å². The highest BCUT2D eigenvalue weighted by Crippen LogP contribution is 2.38. The van der Waals surface area contributed by atoms with Gasteiger partial charge in [-0.25, -0.2) is 0 Å². The smallest absolute Gasteiger partial charge is 0.0645 e. The van der Waals surface area contributed by atoms with E-state index in [0.717, 1.165) is 18.8 Å². The Hall–Kier alpha value is -0.0800. The maximum Gasteiger partial charge on any atom is 0.0645 e. The lowest BCUT2D eigenvalue weighted by molar-refractivity contribution is -0.0414. The number of hydrogen-bond donors (Lipinski definition) is 1. The molecule has 15 heavy (non-hydrogen) atoms. The molecule has 1 aliphatic carbocycles. The zero-order valence-corrected chi connectivity index (χ0v) is 11.0. The van der Waals surface area contributed by atoms with Crippen molar-refractivity contribution in [3.05, 3.63) is 0 Å². The summed E-state index contributed by atoms with van der Waals surface area (Å²) in [5.74, 6) is 1.22. The molecule has 0 spiro atoms. The molecule has 90 valence electrons. The summed E-state index contributed by atoms with van der Waals surface area (Å²) >= 11 is 0. The van der Waals surface area contributed by atoms with Crippen molar-refractivity contribution in [2.24, 2.45) is 11.8 Å². The summed E-state index contributed by atoms with van der Waals surface area (Å²) in [4.78, 5) is 2.31. The molecule has 1 N–H and O–H groups in total. The fraction of sp³-hybridized carbons (Fsp3) is 1.00. The normalized spacial score (nSPS) is 36.6. The monoisotopic (exact) mass is 213 g/mol. The van der Waals surface area contributed by atoms with Gasteiger partial charge in [0.15, 0.2) is 0 Å². The first-order valence-electron chi connectivity index (χ1n) is 6.25. The number of nitrogens with zero attached hydrogens (tertiary/aromatic N) is 1. The second-order valence-electron chi connectivity index (χ2n) is 5.84. The standard InChI is InChI=1S/C13H27NO/c1-6-13(3,15)11-7-10(2)8-12(9-11)14(4)5/h10-12,15H,6-9H2,1-5H3. The van der Waals surface area contributed by atoms with Gasteiger partial charge in [0, 0.05) is 6.04 Å². The minimum Gasteiger partial charge on any atom is -0.390 e. The van der Waals surface area contributed by atoms with Crippen LogP contribution in [0.2, 0.25) is 0 Å². The average molecular weight is 213 g/mol. The van der Waals surface area contributed by atoms with Crippen LogP contribution >= 0.6 is 0 Å². The predicted molar refractivity (Wildman–Crippen MR) is 64.9 cm³/mol. The van der Waals surface area contributed by atoms with Crippen LogP contribution in [0.5, 0.6) is 0 Å². The van der Waals surface area contributed by atoms with Gasteiger partial charge in [-0.05, 0) is 58.5 Å². The van der Waals surface area contributed by atoms with Crippen LogP contribution in [0.3, 0.4) is 0 Å². The Kier molecular flexibility index (Phi) is 4.19. The first-order chi connectivity index (χ1) is 6.86. The zero-order chi connectivity index (χ0) is 11.6. The first-order valence-corrected chi connectivity index (χ1v) is 6.25. The van der Waals surface area contributed by atoms with E-state index in [-0.39, 0.29) is 0 Å². The predicted octanol–water partition coefficient (Wildman–Crippen LogP) is 2.51. The molecule has 1 rings (SSSR count). The first kappa shape index (κ1) is 13.0. The summed E-state index contributed by atoms with van der Waals surface area (Å²) in [5.41, 5.74) is -0.469. The van der Waals surface area contributed by atoms with E-state index in [2.05, 4.69) is 32.8 Å².